The second kappa shape index (κ2) is 4.97. The van der Waals surface area contributed by atoms with Gasteiger partial charge >= 0.3 is 5.97 Å². The summed E-state index contributed by atoms with van der Waals surface area (Å²) < 4.78 is 36.5. The first kappa shape index (κ1) is 14.3. The van der Waals surface area contributed by atoms with E-state index in [-0.39, 0.29) is 19.0 Å². The summed E-state index contributed by atoms with van der Waals surface area (Å²) in [6, 6.07) is 7.10. The van der Waals surface area contributed by atoms with Crippen molar-refractivity contribution in [3.8, 4) is 5.75 Å². The molecule has 1 aromatic carbocycles. The van der Waals surface area contributed by atoms with Crippen LogP contribution in [0.5, 0.6) is 5.75 Å². The van der Waals surface area contributed by atoms with Gasteiger partial charge in [-0.3, -0.25) is 4.79 Å². The van der Waals surface area contributed by atoms with Gasteiger partial charge in [0.25, 0.3) is 5.92 Å². The largest absolute Gasteiger partial charge is 0.493 e. The van der Waals surface area contributed by atoms with E-state index in [0.29, 0.717) is 12.2 Å². The number of benzene rings is 1. The van der Waals surface area contributed by atoms with Crippen LogP contribution in [0.4, 0.5) is 8.78 Å². The highest BCUT2D eigenvalue weighted by Gasteiger charge is 2.52. The standard InChI is InChI=1S/C16H18F2O3/c1-20-14(19)15(8-9-15)11-2-4-13(5-3-11)21-10-12-6-7-16(12,17)18/h2-5,12H,6-10H2,1H3/t12-/m0/s1. The Balaban J connectivity index is 1.61. The Bertz CT molecular complexity index is 535. The van der Waals surface area contributed by atoms with Crippen molar-refractivity contribution in [1.29, 1.82) is 0 Å². The van der Waals surface area contributed by atoms with Crippen LogP contribution in [0.1, 0.15) is 31.2 Å². The molecule has 0 radical (unpaired) electrons. The van der Waals surface area contributed by atoms with E-state index in [9.17, 15) is 13.6 Å². The van der Waals surface area contributed by atoms with Gasteiger partial charge in [0.2, 0.25) is 0 Å². The minimum Gasteiger partial charge on any atom is -0.493 e. The van der Waals surface area contributed by atoms with E-state index < -0.39 is 17.3 Å². The molecule has 0 aliphatic heterocycles. The molecule has 1 atom stereocenters. The van der Waals surface area contributed by atoms with Gasteiger partial charge in [0.05, 0.1) is 25.0 Å². The van der Waals surface area contributed by atoms with E-state index in [0.717, 1.165) is 18.4 Å². The Hall–Kier alpha value is -1.65. The molecule has 0 N–H and O–H groups in total. The topological polar surface area (TPSA) is 35.5 Å². The highest BCUT2D eigenvalue weighted by Crippen LogP contribution is 2.49. The van der Waals surface area contributed by atoms with Gasteiger partial charge in [-0.2, -0.15) is 0 Å². The Morgan fingerprint density at radius 1 is 1.24 bits per heavy atom. The van der Waals surface area contributed by atoms with Crippen molar-refractivity contribution in [1.82, 2.24) is 0 Å². The summed E-state index contributed by atoms with van der Waals surface area (Å²) in [5.74, 6) is -2.92. The van der Waals surface area contributed by atoms with Gasteiger partial charge in [0, 0.05) is 6.42 Å². The van der Waals surface area contributed by atoms with Crippen LogP contribution in [-0.4, -0.2) is 25.6 Å². The van der Waals surface area contributed by atoms with Crippen molar-refractivity contribution in [3.63, 3.8) is 0 Å². The molecule has 3 nitrogen and oxygen atoms in total. The summed E-state index contributed by atoms with van der Waals surface area (Å²) >= 11 is 0. The molecule has 0 aromatic heterocycles. The van der Waals surface area contributed by atoms with Crippen molar-refractivity contribution < 1.29 is 23.0 Å². The lowest BCUT2D eigenvalue weighted by Gasteiger charge is -2.35. The normalized spacial score (nSPS) is 24.8. The van der Waals surface area contributed by atoms with E-state index in [1.165, 1.54) is 7.11 Å². The van der Waals surface area contributed by atoms with Crippen molar-refractivity contribution in [2.45, 2.75) is 37.0 Å². The number of hydrogen-bond acceptors (Lipinski definition) is 3. The fraction of sp³-hybridized carbons (Fsp3) is 0.562. The van der Waals surface area contributed by atoms with E-state index in [4.69, 9.17) is 9.47 Å². The van der Waals surface area contributed by atoms with Crippen LogP contribution in [0.25, 0.3) is 0 Å². The van der Waals surface area contributed by atoms with Gasteiger partial charge in [0.1, 0.15) is 5.75 Å². The quantitative estimate of drug-likeness (QED) is 0.782. The molecule has 2 fully saturated rings. The van der Waals surface area contributed by atoms with Gasteiger partial charge in [0.15, 0.2) is 0 Å². The number of carbonyl (C=O) groups is 1. The number of esters is 1. The third-order valence-corrected chi connectivity index (χ3v) is 4.61. The van der Waals surface area contributed by atoms with Crippen LogP contribution in [0, 0.1) is 5.92 Å². The van der Waals surface area contributed by atoms with E-state index in [1.807, 2.05) is 12.1 Å². The molecular weight excluding hydrogens is 278 g/mol. The van der Waals surface area contributed by atoms with Crippen LogP contribution < -0.4 is 4.74 Å². The van der Waals surface area contributed by atoms with Gasteiger partial charge in [-0.05, 0) is 37.0 Å². The van der Waals surface area contributed by atoms with Crippen molar-refractivity contribution in [3.05, 3.63) is 29.8 Å². The van der Waals surface area contributed by atoms with Crippen molar-refractivity contribution in [2.75, 3.05) is 13.7 Å². The number of ether oxygens (including phenoxy) is 2. The fourth-order valence-electron chi connectivity index (χ4n) is 2.77. The maximum Gasteiger partial charge on any atom is 0.316 e. The molecule has 0 amide bonds. The number of rotatable bonds is 5. The summed E-state index contributed by atoms with van der Waals surface area (Å²) in [7, 11) is 1.39. The molecule has 2 aliphatic rings. The minimum atomic E-state index is -2.58. The summed E-state index contributed by atoms with van der Waals surface area (Å²) in [5.41, 5.74) is 0.393. The molecule has 114 valence electrons. The molecular formula is C16H18F2O3. The average Bonchev–Trinajstić information content (AvgIpc) is 3.28. The van der Waals surface area contributed by atoms with Crippen LogP contribution in [-0.2, 0) is 14.9 Å². The Morgan fingerprint density at radius 3 is 2.33 bits per heavy atom. The zero-order valence-corrected chi connectivity index (χ0v) is 11.9. The zero-order chi connectivity index (χ0) is 15.1. The van der Waals surface area contributed by atoms with Crippen LogP contribution >= 0.6 is 0 Å². The fourth-order valence-corrected chi connectivity index (χ4v) is 2.77. The number of carbonyl (C=O) groups excluding carboxylic acids is 1. The molecule has 21 heavy (non-hydrogen) atoms. The van der Waals surface area contributed by atoms with E-state index in [2.05, 4.69) is 0 Å². The predicted molar refractivity (Wildman–Crippen MR) is 72.5 cm³/mol. The average molecular weight is 296 g/mol. The second-order valence-corrected chi connectivity index (χ2v) is 5.91. The van der Waals surface area contributed by atoms with Gasteiger partial charge in [-0.1, -0.05) is 12.1 Å². The van der Waals surface area contributed by atoms with Crippen LogP contribution in [0.3, 0.4) is 0 Å². The first-order valence-corrected chi connectivity index (χ1v) is 7.17. The third-order valence-electron chi connectivity index (χ3n) is 4.61. The molecule has 2 saturated carbocycles. The number of hydrogen-bond donors (Lipinski definition) is 0. The van der Waals surface area contributed by atoms with E-state index >= 15 is 0 Å². The Morgan fingerprint density at radius 2 is 1.90 bits per heavy atom. The molecule has 0 heterocycles. The molecule has 0 saturated heterocycles. The smallest absolute Gasteiger partial charge is 0.316 e. The van der Waals surface area contributed by atoms with Crippen LogP contribution in [0.15, 0.2) is 24.3 Å². The van der Waals surface area contributed by atoms with Crippen LogP contribution in [0.2, 0.25) is 0 Å². The summed E-state index contributed by atoms with van der Waals surface area (Å²) in [6.45, 7) is 0.0362. The van der Waals surface area contributed by atoms with E-state index in [1.54, 1.807) is 12.1 Å². The highest BCUT2D eigenvalue weighted by molar-refractivity contribution is 5.86. The van der Waals surface area contributed by atoms with Crippen molar-refractivity contribution >= 4 is 5.97 Å². The van der Waals surface area contributed by atoms with Gasteiger partial charge in [-0.25, -0.2) is 8.78 Å². The lowest BCUT2D eigenvalue weighted by atomic mass is 9.81. The molecule has 0 bridgehead atoms. The number of alkyl halides is 2. The number of halogens is 2. The molecule has 2 aliphatic carbocycles. The predicted octanol–water partition coefficient (Wildman–Crippen LogP) is 3.32. The summed E-state index contributed by atoms with van der Waals surface area (Å²) in [6.07, 6.45) is 2.04. The molecule has 0 spiro atoms. The lowest BCUT2D eigenvalue weighted by Crippen LogP contribution is -2.42. The second-order valence-electron chi connectivity index (χ2n) is 5.91. The number of methoxy groups -OCH3 is 1. The highest BCUT2D eigenvalue weighted by atomic mass is 19.3. The lowest BCUT2D eigenvalue weighted by molar-refractivity contribution is -0.144. The molecule has 3 rings (SSSR count). The summed E-state index contributed by atoms with van der Waals surface area (Å²) in [4.78, 5) is 11.8. The maximum absolute atomic E-state index is 13.1. The first-order valence-electron chi connectivity index (χ1n) is 7.17. The Kier molecular flexibility index (Phi) is 3.38. The SMILES string of the molecule is COC(=O)C1(c2ccc(OC[C@@H]3CCC3(F)F)cc2)CC1. The van der Waals surface area contributed by atoms with Crippen molar-refractivity contribution in [2.24, 2.45) is 5.92 Å². The summed E-state index contributed by atoms with van der Waals surface area (Å²) in [5, 5.41) is 0. The molecule has 0 unspecified atom stereocenters. The molecule has 1 aromatic rings. The van der Waals surface area contributed by atoms with Gasteiger partial charge < -0.3 is 9.47 Å². The van der Waals surface area contributed by atoms with Gasteiger partial charge in [-0.15, -0.1) is 0 Å². The molecule has 5 heteroatoms. The first-order chi connectivity index (χ1) is 9.98. The maximum atomic E-state index is 13.1. The Labute approximate surface area is 122 Å². The zero-order valence-electron chi connectivity index (χ0n) is 11.9. The third kappa shape index (κ3) is 2.49. The monoisotopic (exact) mass is 296 g/mol. The minimum absolute atomic E-state index is 0.0362.